The van der Waals surface area contributed by atoms with E-state index in [9.17, 15) is 14.4 Å². The molecule has 1 aromatic rings. The van der Waals surface area contributed by atoms with Crippen LogP contribution in [0.3, 0.4) is 0 Å². The molecule has 4 amide bonds. The summed E-state index contributed by atoms with van der Waals surface area (Å²) in [5.74, 6) is -0.518. The Hall–Kier alpha value is -2.77. The second kappa shape index (κ2) is 8.62. The van der Waals surface area contributed by atoms with Crippen molar-refractivity contribution in [2.75, 3.05) is 17.2 Å². The van der Waals surface area contributed by atoms with E-state index in [0.717, 1.165) is 0 Å². The van der Waals surface area contributed by atoms with Crippen LogP contribution in [0.5, 0.6) is 0 Å². The summed E-state index contributed by atoms with van der Waals surface area (Å²) in [6.07, 6.45) is -0.648. The standard InChI is InChI=1S/C15H22N4O4/c1-4-23-15(22)19-12(9(2)3)13(20)17-10-6-5-7-11(8-10)18-14(16)21/h5-9,12H,4H2,1-3H3,(H,17,20)(H,19,22)(H3,16,18,21)/t12-/m1/s1. The minimum absolute atomic E-state index is 0.133. The molecule has 0 bridgehead atoms. The second-order valence-corrected chi connectivity index (χ2v) is 5.15. The zero-order valence-electron chi connectivity index (χ0n) is 13.4. The summed E-state index contributed by atoms with van der Waals surface area (Å²) in [4.78, 5) is 34.7. The predicted molar refractivity (Wildman–Crippen MR) is 87.1 cm³/mol. The normalized spacial score (nSPS) is 11.5. The molecule has 23 heavy (non-hydrogen) atoms. The van der Waals surface area contributed by atoms with Crippen LogP contribution >= 0.6 is 0 Å². The molecule has 0 unspecified atom stereocenters. The first-order chi connectivity index (χ1) is 10.8. The molecule has 1 rings (SSSR count). The summed E-state index contributed by atoms with van der Waals surface area (Å²) in [6.45, 7) is 5.52. The fourth-order valence-electron chi connectivity index (χ4n) is 1.87. The Balaban J connectivity index is 2.78. The highest BCUT2D eigenvalue weighted by atomic mass is 16.5. The molecule has 8 heteroatoms. The van der Waals surface area contributed by atoms with Gasteiger partial charge in [0.25, 0.3) is 0 Å². The highest BCUT2D eigenvalue weighted by molar-refractivity contribution is 5.97. The van der Waals surface area contributed by atoms with Crippen molar-refractivity contribution in [3.05, 3.63) is 24.3 Å². The van der Waals surface area contributed by atoms with E-state index < -0.39 is 18.2 Å². The molecule has 1 aromatic carbocycles. The third kappa shape index (κ3) is 6.25. The van der Waals surface area contributed by atoms with Gasteiger partial charge in [0, 0.05) is 11.4 Å². The number of ether oxygens (including phenoxy) is 1. The Morgan fingerprint density at radius 3 is 2.30 bits per heavy atom. The monoisotopic (exact) mass is 322 g/mol. The van der Waals surface area contributed by atoms with E-state index in [2.05, 4.69) is 16.0 Å². The lowest BCUT2D eigenvalue weighted by atomic mass is 10.0. The maximum Gasteiger partial charge on any atom is 0.407 e. The molecule has 0 saturated heterocycles. The van der Waals surface area contributed by atoms with Gasteiger partial charge in [-0.2, -0.15) is 0 Å². The van der Waals surface area contributed by atoms with Crippen LogP contribution in [0.25, 0.3) is 0 Å². The number of amides is 4. The van der Waals surface area contributed by atoms with Crippen molar-refractivity contribution in [1.29, 1.82) is 0 Å². The average Bonchev–Trinajstić information content (AvgIpc) is 2.44. The molecular formula is C15H22N4O4. The molecule has 0 spiro atoms. The van der Waals surface area contributed by atoms with Crippen molar-refractivity contribution < 1.29 is 19.1 Å². The zero-order valence-corrected chi connectivity index (χ0v) is 13.4. The fraction of sp³-hybridized carbons (Fsp3) is 0.400. The Bertz CT molecular complexity index is 574. The van der Waals surface area contributed by atoms with Gasteiger partial charge in [0.2, 0.25) is 5.91 Å². The van der Waals surface area contributed by atoms with E-state index in [-0.39, 0.29) is 18.4 Å². The summed E-state index contributed by atoms with van der Waals surface area (Å²) in [6, 6.07) is 5.07. The van der Waals surface area contributed by atoms with Crippen LogP contribution in [0.1, 0.15) is 20.8 Å². The van der Waals surface area contributed by atoms with Crippen LogP contribution in [0.4, 0.5) is 21.0 Å². The number of primary amides is 1. The number of hydrogen-bond donors (Lipinski definition) is 4. The van der Waals surface area contributed by atoms with Gasteiger partial charge in [-0.05, 0) is 31.0 Å². The summed E-state index contributed by atoms with van der Waals surface area (Å²) < 4.78 is 4.79. The van der Waals surface area contributed by atoms with Crippen LogP contribution < -0.4 is 21.7 Å². The number of nitrogens with one attached hydrogen (secondary N) is 3. The molecule has 5 N–H and O–H groups in total. The molecule has 126 valence electrons. The number of nitrogens with two attached hydrogens (primary N) is 1. The first kappa shape index (κ1) is 18.3. The average molecular weight is 322 g/mol. The number of hydrogen-bond acceptors (Lipinski definition) is 4. The lowest BCUT2D eigenvalue weighted by molar-refractivity contribution is -0.119. The van der Waals surface area contributed by atoms with E-state index >= 15 is 0 Å². The molecule has 8 nitrogen and oxygen atoms in total. The molecule has 1 atom stereocenters. The van der Waals surface area contributed by atoms with E-state index in [1.165, 1.54) is 0 Å². The summed E-state index contributed by atoms with van der Waals surface area (Å²) in [5.41, 5.74) is 5.97. The van der Waals surface area contributed by atoms with Crippen LogP contribution in [-0.2, 0) is 9.53 Å². The second-order valence-electron chi connectivity index (χ2n) is 5.15. The van der Waals surface area contributed by atoms with Crippen molar-refractivity contribution in [2.24, 2.45) is 11.7 Å². The summed E-state index contributed by atoms with van der Waals surface area (Å²) in [5, 5.41) is 7.62. The number of carbonyl (C=O) groups excluding carboxylic acids is 3. The molecule has 0 saturated carbocycles. The summed E-state index contributed by atoms with van der Waals surface area (Å²) >= 11 is 0. The van der Waals surface area contributed by atoms with Gasteiger partial charge < -0.3 is 26.4 Å². The first-order valence-electron chi connectivity index (χ1n) is 7.24. The molecule has 0 fully saturated rings. The summed E-state index contributed by atoms with van der Waals surface area (Å²) in [7, 11) is 0. The van der Waals surface area contributed by atoms with Gasteiger partial charge in [-0.1, -0.05) is 19.9 Å². The van der Waals surface area contributed by atoms with Crippen LogP contribution in [0.15, 0.2) is 24.3 Å². The van der Waals surface area contributed by atoms with Gasteiger partial charge in [-0.25, -0.2) is 9.59 Å². The van der Waals surface area contributed by atoms with E-state index in [1.54, 1.807) is 31.2 Å². The lowest BCUT2D eigenvalue weighted by Gasteiger charge is -2.21. The Labute approximate surface area is 134 Å². The maximum atomic E-state index is 12.3. The maximum absolute atomic E-state index is 12.3. The van der Waals surface area contributed by atoms with Crippen LogP contribution in [0, 0.1) is 5.92 Å². The minimum Gasteiger partial charge on any atom is -0.450 e. The molecular weight excluding hydrogens is 300 g/mol. The zero-order chi connectivity index (χ0) is 17.4. The van der Waals surface area contributed by atoms with Gasteiger partial charge in [0.1, 0.15) is 6.04 Å². The van der Waals surface area contributed by atoms with E-state index in [4.69, 9.17) is 10.5 Å². The van der Waals surface area contributed by atoms with E-state index in [0.29, 0.717) is 11.4 Å². The third-order valence-corrected chi connectivity index (χ3v) is 2.90. The number of urea groups is 1. The Morgan fingerprint density at radius 1 is 1.17 bits per heavy atom. The number of carbonyl (C=O) groups is 3. The van der Waals surface area contributed by atoms with Crippen molar-refractivity contribution in [2.45, 2.75) is 26.8 Å². The third-order valence-electron chi connectivity index (χ3n) is 2.90. The number of rotatable bonds is 6. The molecule has 0 aromatic heterocycles. The van der Waals surface area contributed by atoms with Crippen LogP contribution in [-0.4, -0.2) is 30.7 Å². The first-order valence-corrected chi connectivity index (χ1v) is 7.24. The smallest absolute Gasteiger partial charge is 0.407 e. The number of alkyl carbamates (subject to hydrolysis) is 1. The number of benzene rings is 1. The van der Waals surface area contributed by atoms with Gasteiger partial charge in [-0.3, -0.25) is 4.79 Å². The van der Waals surface area contributed by atoms with E-state index in [1.807, 2.05) is 13.8 Å². The Morgan fingerprint density at radius 2 is 1.78 bits per heavy atom. The molecule has 0 aliphatic rings. The highest BCUT2D eigenvalue weighted by Gasteiger charge is 2.24. The molecule has 0 aliphatic heterocycles. The van der Waals surface area contributed by atoms with Gasteiger partial charge in [-0.15, -0.1) is 0 Å². The largest absolute Gasteiger partial charge is 0.450 e. The van der Waals surface area contributed by atoms with Gasteiger partial charge >= 0.3 is 12.1 Å². The lowest BCUT2D eigenvalue weighted by Crippen LogP contribution is -2.47. The highest BCUT2D eigenvalue weighted by Crippen LogP contribution is 2.16. The minimum atomic E-state index is -0.748. The molecule has 0 radical (unpaired) electrons. The Kier molecular flexibility index (Phi) is 6.85. The van der Waals surface area contributed by atoms with Gasteiger partial charge in [0.15, 0.2) is 0 Å². The predicted octanol–water partition coefficient (Wildman–Crippen LogP) is 1.89. The molecule has 0 aliphatic carbocycles. The molecule has 0 heterocycles. The van der Waals surface area contributed by atoms with Crippen LogP contribution in [0.2, 0.25) is 0 Å². The topological polar surface area (TPSA) is 123 Å². The van der Waals surface area contributed by atoms with Crippen molar-refractivity contribution in [3.8, 4) is 0 Å². The quantitative estimate of drug-likeness (QED) is 0.638. The van der Waals surface area contributed by atoms with Crippen molar-refractivity contribution in [1.82, 2.24) is 5.32 Å². The van der Waals surface area contributed by atoms with Crippen molar-refractivity contribution >= 4 is 29.4 Å². The van der Waals surface area contributed by atoms with Crippen molar-refractivity contribution in [3.63, 3.8) is 0 Å². The van der Waals surface area contributed by atoms with Gasteiger partial charge in [0.05, 0.1) is 6.61 Å². The SMILES string of the molecule is CCOC(=O)N[C@@H](C(=O)Nc1cccc(NC(N)=O)c1)C(C)C. The number of anilines is 2. The fourth-order valence-corrected chi connectivity index (χ4v) is 1.87.